The first-order valence-corrected chi connectivity index (χ1v) is 6.58. The zero-order chi connectivity index (χ0) is 13.3. The maximum Gasteiger partial charge on any atom is 0.161 e. The van der Waals surface area contributed by atoms with Gasteiger partial charge in [0.2, 0.25) is 0 Å². The van der Waals surface area contributed by atoms with E-state index in [4.69, 9.17) is 23.2 Å². The molecule has 0 N–H and O–H groups in total. The summed E-state index contributed by atoms with van der Waals surface area (Å²) in [5.41, 5.74) is 3.85. The van der Waals surface area contributed by atoms with Crippen LogP contribution in [-0.4, -0.2) is 9.97 Å². The van der Waals surface area contributed by atoms with Crippen LogP contribution in [0, 0.1) is 13.8 Å². The summed E-state index contributed by atoms with van der Waals surface area (Å²) < 4.78 is 0. The number of benzene rings is 1. The second-order valence-electron chi connectivity index (χ2n) is 4.23. The molecule has 18 heavy (non-hydrogen) atoms. The van der Waals surface area contributed by atoms with Crippen molar-refractivity contribution in [3.63, 3.8) is 0 Å². The molecule has 0 amide bonds. The van der Waals surface area contributed by atoms with E-state index >= 15 is 0 Å². The summed E-state index contributed by atoms with van der Waals surface area (Å²) >= 11 is 12.3. The molecule has 1 aromatic carbocycles. The third-order valence-electron chi connectivity index (χ3n) is 2.95. The van der Waals surface area contributed by atoms with Gasteiger partial charge in [-0.05, 0) is 31.9 Å². The molecule has 0 atom stereocenters. The second kappa shape index (κ2) is 5.25. The smallest absolute Gasteiger partial charge is 0.161 e. The molecule has 0 radical (unpaired) electrons. The second-order valence-corrected chi connectivity index (χ2v) is 4.99. The maximum absolute atomic E-state index is 6.13. The van der Waals surface area contributed by atoms with E-state index < -0.39 is 0 Å². The molecule has 2 aromatic rings. The van der Waals surface area contributed by atoms with Crippen LogP contribution in [0.5, 0.6) is 0 Å². The molecule has 0 aliphatic carbocycles. The molecular weight excluding hydrogens is 267 g/mol. The number of aryl methyl sites for hydroxylation is 2. The van der Waals surface area contributed by atoms with E-state index in [1.165, 1.54) is 0 Å². The highest BCUT2D eigenvalue weighted by molar-refractivity contribution is 6.31. The Morgan fingerprint density at radius 1 is 1.11 bits per heavy atom. The molecule has 0 unspecified atom stereocenters. The van der Waals surface area contributed by atoms with Crippen LogP contribution in [-0.2, 0) is 6.42 Å². The topological polar surface area (TPSA) is 25.8 Å². The van der Waals surface area contributed by atoms with Crippen molar-refractivity contribution in [1.82, 2.24) is 9.97 Å². The van der Waals surface area contributed by atoms with Gasteiger partial charge in [-0.15, -0.1) is 0 Å². The summed E-state index contributed by atoms with van der Waals surface area (Å²) in [6.45, 7) is 5.96. The Morgan fingerprint density at radius 3 is 2.44 bits per heavy atom. The van der Waals surface area contributed by atoms with Gasteiger partial charge in [-0.25, -0.2) is 9.97 Å². The van der Waals surface area contributed by atoms with Gasteiger partial charge in [0.25, 0.3) is 0 Å². The average molecular weight is 281 g/mol. The van der Waals surface area contributed by atoms with Crippen LogP contribution in [0.2, 0.25) is 10.2 Å². The highest BCUT2D eigenvalue weighted by Crippen LogP contribution is 2.25. The SMILES string of the molecule is CCc1nc(-c2ccc(C)c(Cl)c2)nc(Cl)c1C. The van der Waals surface area contributed by atoms with E-state index in [0.717, 1.165) is 28.8 Å². The maximum atomic E-state index is 6.13. The van der Waals surface area contributed by atoms with Crippen molar-refractivity contribution in [2.75, 3.05) is 0 Å². The lowest BCUT2D eigenvalue weighted by Gasteiger charge is -2.08. The molecule has 0 aliphatic rings. The first-order valence-electron chi connectivity index (χ1n) is 5.82. The van der Waals surface area contributed by atoms with Crippen LogP contribution in [0.1, 0.15) is 23.7 Å². The molecule has 1 heterocycles. The molecule has 0 fully saturated rings. The lowest BCUT2D eigenvalue weighted by atomic mass is 10.1. The monoisotopic (exact) mass is 280 g/mol. The summed E-state index contributed by atoms with van der Waals surface area (Å²) in [6, 6.07) is 5.79. The van der Waals surface area contributed by atoms with Gasteiger partial charge in [0.15, 0.2) is 5.82 Å². The normalized spacial score (nSPS) is 10.7. The van der Waals surface area contributed by atoms with Gasteiger partial charge < -0.3 is 0 Å². The van der Waals surface area contributed by atoms with Gasteiger partial charge in [-0.1, -0.05) is 42.3 Å². The predicted octanol–water partition coefficient (Wildman–Crippen LogP) is 4.63. The van der Waals surface area contributed by atoms with E-state index in [1.54, 1.807) is 0 Å². The van der Waals surface area contributed by atoms with Crippen LogP contribution in [0.15, 0.2) is 18.2 Å². The van der Waals surface area contributed by atoms with Gasteiger partial charge in [-0.2, -0.15) is 0 Å². The number of aromatic nitrogens is 2. The molecule has 2 nitrogen and oxygen atoms in total. The molecule has 0 saturated carbocycles. The summed E-state index contributed by atoms with van der Waals surface area (Å²) in [5, 5.41) is 1.22. The molecule has 1 aromatic heterocycles. The number of hydrogen-bond donors (Lipinski definition) is 0. The van der Waals surface area contributed by atoms with E-state index in [0.29, 0.717) is 16.0 Å². The van der Waals surface area contributed by atoms with Crippen molar-refractivity contribution >= 4 is 23.2 Å². The lowest BCUT2D eigenvalue weighted by molar-refractivity contribution is 0.976. The van der Waals surface area contributed by atoms with E-state index in [9.17, 15) is 0 Å². The minimum absolute atomic E-state index is 0.508. The third-order valence-corrected chi connectivity index (χ3v) is 3.73. The molecule has 94 valence electrons. The summed E-state index contributed by atoms with van der Waals surface area (Å²) in [5.74, 6) is 0.629. The minimum Gasteiger partial charge on any atom is -0.233 e. The van der Waals surface area contributed by atoms with Crippen LogP contribution in [0.3, 0.4) is 0 Å². The fourth-order valence-electron chi connectivity index (χ4n) is 1.74. The fraction of sp³-hybridized carbons (Fsp3) is 0.286. The molecule has 0 spiro atoms. The Balaban J connectivity index is 2.57. The first-order chi connectivity index (χ1) is 8.52. The van der Waals surface area contributed by atoms with Crippen molar-refractivity contribution in [3.05, 3.63) is 45.2 Å². The van der Waals surface area contributed by atoms with Crippen molar-refractivity contribution in [3.8, 4) is 11.4 Å². The molecule has 0 saturated heterocycles. The van der Waals surface area contributed by atoms with Crippen molar-refractivity contribution in [2.24, 2.45) is 0 Å². The summed E-state index contributed by atoms with van der Waals surface area (Å²) in [4.78, 5) is 8.86. The van der Waals surface area contributed by atoms with E-state index in [-0.39, 0.29) is 0 Å². The van der Waals surface area contributed by atoms with Crippen molar-refractivity contribution in [2.45, 2.75) is 27.2 Å². The van der Waals surface area contributed by atoms with E-state index in [1.807, 2.05) is 32.0 Å². The van der Waals surface area contributed by atoms with Gasteiger partial charge in [0.05, 0.1) is 0 Å². The third kappa shape index (κ3) is 2.50. The van der Waals surface area contributed by atoms with Crippen LogP contribution >= 0.6 is 23.2 Å². The Hall–Kier alpha value is -1.12. The number of halogens is 2. The van der Waals surface area contributed by atoms with Crippen LogP contribution < -0.4 is 0 Å². The molecular formula is C14H14Cl2N2. The Bertz CT molecular complexity index is 595. The van der Waals surface area contributed by atoms with Gasteiger partial charge in [0.1, 0.15) is 5.15 Å². The Kier molecular flexibility index (Phi) is 3.88. The van der Waals surface area contributed by atoms with Gasteiger partial charge >= 0.3 is 0 Å². The van der Waals surface area contributed by atoms with Crippen LogP contribution in [0.4, 0.5) is 0 Å². The fourth-order valence-corrected chi connectivity index (χ4v) is 2.11. The number of nitrogens with zero attached hydrogens (tertiary/aromatic N) is 2. The standard InChI is InChI=1S/C14H14Cl2N2/c1-4-12-9(3)13(16)18-14(17-12)10-6-5-8(2)11(15)7-10/h5-7H,4H2,1-3H3. The average Bonchev–Trinajstić information content (AvgIpc) is 2.36. The zero-order valence-electron chi connectivity index (χ0n) is 10.6. The number of hydrogen-bond acceptors (Lipinski definition) is 2. The molecule has 4 heteroatoms. The van der Waals surface area contributed by atoms with Crippen molar-refractivity contribution in [1.29, 1.82) is 0 Å². The molecule has 0 aliphatic heterocycles. The Morgan fingerprint density at radius 2 is 1.83 bits per heavy atom. The zero-order valence-corrected chi connectivity index (χ0v) is 12.1. The summed E-state index contributed by atoms with van der Waals surface area (Å²) in [6.07, 6.45) is 0.834. The highest BCUT2D eigenvalue weighted by Gasteiger charge is 2.10. The molecule has 0 bridgehead atoms. The number of rotatable bonds is 2. The summed E-state index contributed by atoms with van der Waals surface area (Å²) in [7, 11) is 0. The lowest BCUT2D eigenvalue weighted by Crippen LogP contribution is -1.99. The largest absolute Gasteiger partial charge is 0.233 e. The quantitative estimate of drug-likeness (QED) is 0.750. The van der Waals surface area contributed by atoms with Gasteiger partial charge in [0, 0.05) is 21.8 Å². The van der Waals surface area contributed by atoms with E-state index in [2.05, 4.69) is 16.9 Å². The highest BCUT2D eigenvalue weighted by atomic mass is 35.5. The molecule has 2 rings (SSSR count). The predicted molar refractivity (Wildman–Crippen MR) is 76.3 cm³/mol. The van der Waals surface area contributed by atoms with Gasteiger partial charge in [-0.3, -0.25) is 0 Å². The minimum atomic E-state index is 0.508. The Labute approximate surface area is 117 Å². The first kappa shape index (κ1) is 13.3. The van der Waals surface area contributed by atoms with Crippen molar-refractivity contribution < 1.29 is 0 Å². The van der Waals surface area contributed by atoms with Crippen LogP contribution in [0.25, 0.3) is 11.4 Å².